The third-order valence-electron chi connectivity index (χ3n) is 2.02. The molecule has 0 aromatic rings. The Labute approximate surface area is 74.4 Å². The van der Waals surface area contributed by atoms with Crippen LogP contribution >= 0.6 is 0 Å². The molecule has 0 radical (unpaired) electrons. The first-order chi connectivity index (χ1) is 5.83. The van der Waals surface area contributed by atoms with Crippen LogP contribution in [0.5, 0.6) is 0 Å². The monoisotopic (exact) mass is 173 g/mol. The lowest BCUT2D eigenvalue weighted by molar-refractivity contribution is 0.0327. The number of nitrogens with one attached hydrogen (secondary N) is 1. The summed E-state index contributed by atoms with van der Waals surface area (Å²) >= 11 is 0. The lowest BCUT2D eigenvalue weighted by atomic mass is 10.3. The van der Waals surface area contributed by atoms with Crippen molar-refractivity contribution >= 4 is 0 Å². The molecule has 3 heteroatoms. The molecule has 1 rings (SSSR count). The first kappa shape index (κ1) is 9.96. The Hall–Kier alpha value is -0.120. The predicted octanol–water partition coefficient (Wildman–Crippen LogP) is 0.790. The molecule has 0 spiro atoms. The summed E-state index contributed by atoms with van der Waals surface area (Å²) in [5.74, 6) is 0. The highest BCUT2D eigenvalue weighted by molar-refractivity contribution is 4.65. The van der Waals surface area contributed by atoms with Crippen molar-refractivity contribution in [2.45, 2.75) is 32.4 Å². The van der Waals surface area contributed by atoms with Crippen molar-refractivity contribution in [2.75, 3.05) is 26.4 Å². The maximum atomic E-state index is 5.63. The van der Waals surface area contributed by atoms with E-state index >= 15 is 0 Å². The molecule has 1 saturated heterocycles. The van der Waals surface area contributed by atoms with E-state index in [9.17, 15) is 0 Å². The Morgan fingerprint density at radius 2 is 2.50 bits per heavy atom. The van der Waals surface area contributed by atoms with Gasteiger partial charge in [0.2, 0.25) is 0 Å². The van der Waals surface area contributed by atoms with Crippen molar-refractivity contribution in [3.8, 4) is 0 Å². The van der Waals surface area contributed by atoms with Crippen LogP contribution in [0.2, 0.25) is 0 Å². The highest BCUT2D eigenvalue weighted by atomic mass is 16.5. The first-order valence-electron chi connectivity index (χ1n) is 4.75. The maximum absolute atomic E-state index is 5.63. The average molecular weight is 173 g/mol. The fourth-order valence-corrected chi connectivity index (χ4v) is 1.33. The van der Waals surface area contributed by atoms with E-state index in [4.69, 9.17) is 9.47 Å². The molecule has 2 unspecified atom stereocenters. The minimum Gasteiger partial charge on any atom is -0.379 e. The molecule has 12 heavy (non-hydrogen) atoms. The van der Waals surface area contributed by atoms with Gasteiger partial charge >= 0.3 is 0 Å². The van der Waals surface area contributed by atoms with Gasteiger partial charge in [0.25, 0.3) is 0 Å². The highest BCUT2D eigenvalue weighted by Crippen LogP contribution is 2.07. The van der Waals surface area contributed by atoms with Crippen molar-refractivity contribution in [3.63, 3.8) is 0 Å². The fraction of sp³-hybridized carbons (Fsp3) is 1.00. The van der Waals surface area contributed by atoms with Crippen LogP contribution in [0.1, 0.15) is 20.3 Å². The number of hydrogen-bond donors (Lipinski definition) is 1. The second kappa shape index (κ2) is 5.51. The topological polar surface area (TPSA) is 30.5 Å². The summed E-state index contributed by atoms with van der Waals surface area (Å²) < 4.78 is 10.8. The Morgan fingerprint density at radius 3 is 3.08 bits per heavy atom. The van der Waals surface area contributed by atoms with Gasteiger partial charge in [-0.15, -0.1) is 0 Å². The summed E-state index contributed by atoms with van der Waals surface area (Å²) in [6.45, 7) is 7.68. The largest absolute Gasteiger partial charge is 0.379 e. The van der Waals surface area contributed by atoms with Gasteiger partial charge in [-0.2, -0.15) is 0 Å². The lowest BCUT2D eigenvalue weighted by Gasteiger charge is -2.15. The molecule has 2 atom stereocenters. The third-order valence-corrected chi connectivity index (χ3v) is 2.02. The van der Waals surface area contributed by atoms with Crippen molar-refractivity contribution < 1.29 is 9.47 Å². The Morgan fingerprint density at radius 1 is 1.67 bits per heavy atom. The summed E-state index contributed by atoms with van der Waals surface area (Å²) in [6, 6.07) is 0.454. The molecule has 1 heterocycles. The molecule has 1 fully saturated rings. The summed E-state index contributed by atoms with van der Waals surface area (Å²) in [4.78, 5) is 0. The van der Waals surface area contributed by atoms with Crippen LogP contribution in [-0.4, -0.2) is 38.5 Å². The molecule has 0 aliphatic carbocycles. The number of hydrogen-bond acceptors (Lipinski definition) is 3. The zero-order valence-corrected chi connectivity index (χ0v) is 8.01. The van der Waals surface area contributed by atoms with Crippen LogP contribution < -0.4 is 5.32 Å². The van der Waals surface area contributed by atoms with Crippen LogP contribution in [0.25, 0.3) is 0 Å². The number of rotatable bonds is 5. The van der Waals surface area contributed by atoms with E-state index in [1.165, 1.54) is 0 Å². The molecule has 0 bridgehead atoms. The Bertz CT molecular complexity index is 113. The van der Waals surface area contributed by atoms with E-state index in [-0.39, 0.29) is 0 Å². The third kappa shape index (κ3) is 3.52. The molecule has 0 aromatic heterocycles. The molecule has 0 aromatic carbocycles. The minimum absolute atomic E-state index is 0.339. The van der Waals surface area contributed by atoms with Crippen molar-refractivity contribution in [1.82, 2.24) is 5.32 Å². The molecule has 72 valence electrons. The molecule has 1 aliphatic rings. The Kier molecular flexibility index (Phi) is 4.58. The average Bonchev–Trinajstić information content (AvgIpc) is 2.53. The summed E-state index contributed by atoms with van der Waals surface area (Å²) in [6.07, 6.45) is 1.39. The smallest absolute Gasteiger partial charge is 0.0831 e. The van der Waals surface area contributed by atoms with Crippen LogP contribution in [-0.2, 0) is 9.47 Å². The zero-order valence-electron chi connectivity index (χ0n) is 8.01. The SMILES string of the molecule is CCNC(C)COC1CCOC1. The van der Waals surface area contributed by atoms with Gasteiger partial charge in [-0.3, -0.25) is 0 Å². The van der Waals surface area contributed by atoms with E-state index < -0.39 is 0 Å². The van der Waals surface area contributed by atoms with Crippen LogP contribution in [0, 0.1) is 0 Å². The fourth-order valence-electron chi connectivity index (χ4n) is 1.33. The van der Waals surface area contributed by atoms with Gasteiger partial charge in [0.05, 0.1) is 19.3 Å². The molecular formula is C9H19NO2. The van der Waals surface area contributed by atoms with Gasteiger partial charge in [-0.1, -0.05) is 6.92 Å². The first-order valence-corrected chi connectivity index (χ1v) is 4.75. The van der Waals surface area contributed by atoms with Crippen molar-refractivity contribution in [3.05, 3.63) is 0 Å². The van der Waals surface area contributed by atoms with Gasteiger partial charge < -0.3 is 14.8 Å². The molecule has 3 nitrogen and oxygen atoms in total. The summed E-state index contributed by atoms with van der Waals surface area (Å²) in [5, 5.41) is 3.30. The van der Waals surface area contributed by atoms with Gasteiger partial charge in [-0.25, -0.2) is 0 Å². The molecule has 0 amide bonds. The highest BCUT2D eigenvalue weighted by Gasteiger charge is 2.16. The molecule has 0 saturated carbocycles. The van der Waals surface area contributed by atoms with Crippen LogP contribution in [0.15, 0.2) is 0 Å². The number of ether oxygens (including phenoxy) is 2. The van der Waals surface area contributed by atoms with E-state index in [2.05, 4.69) is 19.2 Å². The quantitative estimate of drug-likeness (QED) is 0.666. The maximum Gasteiger partial charge on any atom is 0.0831 e. The van der Waals surface area contributed by atoms with E-state index in [1.807, 2.05) is 0 Å². The van der Waals surface area contributed by atoms with Crippen LogP contribution in [0.4, 0.5) is 0 Å². The predicted molar refractivity (Wildman–Crippen MR) is 48.3 cm³/mol. The molecule has 1 N–H and O–H groups in total. The minimum atomic E-state index is 0.339. The standard InChI is InChI=1S/C9H19NO2/c1-3-10-8(2)6-12-9-4-5-11-7-9/h8-10H,3-7H2,1-2H3. The van der Waals surface area contributed by atoms with Gasteiger partial charge in [0, 0.05) is 12.6 Å². The molecule has 1 aliphatic heterocycles. The zero-order chi connectivity index (χ0) is 8.81. The molecular weight excluding hydrogens is 154 g/mol. The van der Waals surface area contributed by atoms with Gasteiger partial charge in [0.1, 0.15) is 0 Å². The van der Waals surface area contributed by atoms with E-state index in [0.717, 1.165) is 32.8 Å². The lowest BCUT2D eigenvalue weighted by Crippen LogP contribution is -2.32. The second-order valence-electron chi connectivity index (χ2n) is 3.28. The summed E-state index contributed by atoms with van der Waals surface area (Å²) in [7, 11) is 0. The van der Waals surface area contributed by atoms with Crippen molar-refractivity contribution in [1.29, 1.82) is 0 Å². The van der Waals surface area contributed by atoms with Gasteiger partial charge in [0.15, 0.2) is 0 Å². The van der Waals surface area contributed by atoms with E-state index in [0.29, 0.717) is 12.1 Å². The normalized spacial score (nSPS) is 26.0. The number of likely N-dealkylation sites (N-methyl/N-ethyl adjacent to an activating group) is 1. The second-order valence-corrected chi connectivity index (χ2v) is 3.28. The van der Waals surface area contributed by atoms with Crippen molar-refractivity contribution in [2.24, 2.45) is 0 Å². The summed E-state index contributed by atoms with van der Waals surface area (Å²) in [5.41, 5.74) is 0. The Balaban J connectivity index is 1.99. The van der Waals surface area contributed by atoms with Crippen LogP contribution in [0.3, 0.4) is 0 Å². The van der Waals surface area contributed by atoms with E-state index in [1.54, 1.807) is 0 Å². The van der Waals surface area contributed by atoms with Gasteiger partial charge in [-0.05, 0) is 19.9 Å².